The Morgan fingerprint density at radius 3 is 2.61 bits per heavy atom. The molecular weight excluding hydrogens is 294 g/mol. The molecule has 0 bridgehead atoms. The number of carbonyl (C=O) groups is 2. The summed E-state index contributed by atoms with van der Waals surface area (Å²) in [5, 5.41) is 13.6. The third kappa shape index (κ3) is 4.12. The molecule has 1 saturated heterocycles. The molecule has 1 aromatic rings. The van der Waals surface area contributed by atoms with Crippen molar-refractivity contribution < 1.29 is 14.7 Å². The van der Waals surface area contributed by atoms with Gasteiger partial charge in [0.1, 0.15) is 0 Å². The van der Waals surface area contributed by atoms with Crippen LogP contribution in [0.4, 0.5) is 0 Å². The largest absolute Gasteiger partial charge is 0.481 e. The van der Waals surface area contributed by atoms with Crippen molar-refractivity contribution in [2.75, 3.05) is 13.1 Å². The van der Waals surface area contributed by atoms with E-state index >= 15 is 0 Å². The standard InChI is InChI=1S/C17H27N3O3/c1-11(2)9-20-13(4)15(12(3)18-20)5-6-16(21)19-8-7-14(10-19)17(22)23/h11,14H,5-10H2,1-4H3,(H,22,23)/t14-/m0/s1. The molecular formula is C17H27N3O3. The molecule has 23 heavy (non-hydrogen) atoms. The normalized spacial score (nSPS) is 18.0. The lowest BCUT2D eigenvalue weighted by Crippen LogP contribution is -2.30. The van der Waals surface area contributed by atoms with Crippen molar-refractivity contribution in [2.24, 2.45) is 11.8 Å². The number of carbonyl (C=O) groups excluding carboxylic acids is 1. The molecule has 1 aliphatic heterocycles. The van der Waals surface area contributed by atoms with Crippen molar-refractivity contribution in [2.45, 2.75) is 53.5 Å². The molecule has 1 fully saturated rings. The summed E-state index contributed by atoms with van der Waals surface area (Å²) < 4.78 is 2.02. The van der Waals surface area contributed by atoms with E-state index in [2.05, 4.69) is 25.9 Å². The summed E-state index contributed by atoms with van der Waals surface area (Å²) in [6.07, 6.45) is 1.65. The van der Waals surface area contributed by atoms with Crippen LogP contribution in [-0.2, 0) is 22.6 Å². The molecule has 6 nitrogen and oxygen atoms in total. The molecule has 1 aliphatic rings. The number of rotatable bonds is 6. The lowest BCUT2D eigenvalue weighted by atomic mass is 10.1. The molecule has 0 unspecified atom stereocenters. The van der Waals surface area contributed by atoms with Gasteiger partial charge in [-0.3, -0.25) is 14.3 Å². The molecule has 0 spiro atoms. The van der Waals surface area contributed by atoms with Crippen LogP contribution in [0.3, 0.4) is 0 Å². The third-order valence-corrected chi connectivity index (χ3v) is 4.55. The summed E-state index contributed by atoms with van der Waals surface area (Å²) >= 11 is 0. The first-order chi connectivity index (χ1) is 10.8. The van der Waals surface area contributed by atoms with Gasteiger partial charge in [-0.25, -0.2) is 0 Å². The monoisotopic (exact) mass is 321 g/mol. The van der Waals surface area contributed by atoms with E-state index in [1.165, 1.54) is 0 Å². The maximum absolute atomic E-state index is 12.3. The van der Waals surface area contributed by atoms with Crippen molar-refractivity contribution in [1.82, 2.24) is 14.7 Å². The van der Waals surface area contributed by atoms with Gasteiger partial charge in [0.05, 0.1) is 11.6 Å². The van der Waals surface area contributed by atoms with E-state index in [1.54, 1.807) is 4.90 Å². The summed E-state index contributed by atoms with van der Waals surface area (Å²) in [4.78, 5) is 25.0. The van der Waals surface area contributed by atoms with Crippen LogP contribution in [0.2, 0.25) is 0 Å². The van der Waals surface area contributed by atoms with Gasteiger partial charge in [0.25, 0.3) is 0 Å². The van der Waals surface area contributed by atoms with Crippen LogP contribution in [0, 0.1) is 25.7 Å². The fourth-order valence-corrected chi connectivity index (χ4v) is 3.20. The molecule has 6 heteroatoms. The van der Waals surface area contributed by atoms with Crippen LogP contribution in [0.15, 0.2) is 0 Å². The van der Waals surface area contributed by atoms with Crippen molar-refractivity contribution >= 4 is 11.9 Å². The molecule has 1 amide bonds. The Morgan fingerprint density at radius 1 is 1.35 bits per heavy atom. The van der Waals surface area contributed by atoms with E-state index in [0.29, 0.717) is 38.3 Å². The first kappa shape index (κ1) is 17.5. The molecule has 128 valence electrons. The summed E-state index contributed by atoms with van der Waals surface area (Å²) in [5.41, 5.74) is 3.27. The van der Waals surface area contributed by atoms with E-state index < -0.39 is 11.9 Å². The number of hydrogen-bond donors (Lipinski definition) is 1. The van der Waals surface area contributed by atoms with Crippen LogP contribution in [0.1, 0.15) is 43.6 Å². The number of nitrogens with zero attached hydrogens (tertiary/aromatic N) is 3. The topological polar surface area (TPSA) is 75.4 Å². The number of carboxylic acid groups (broad SMARTS) is 1. The second-order valence-corrected chi connectivity index (χ2v) is 6.89. The number of carboxylic acids is 1. The molecule has 0 saturated carbocycles. The summed E-state index contributed by atoms with van der Waals surface area (Å²) in [6.45, 7) is 10.1. The lowest BCUT2D eigenvalue weighted by molar-refractivity contribution is -0.141. The third-order valence-electron chi connectivity index (χ3n) is 4.55. The maximum Gasteiger partial charge on any atom is 0.308 e. The maximum atomic E-state index is 12.3. The first-order valence-corrected chi connectivity index (χ1v) is 8.33. The Labute approximate surface area is 137 Å². The van der Waals surface area contributed by atoms with Crippen LogP contribution in [0.25, 0.3) is 0 Å². The zero-order valence-electron chi connectivity index (χ0n) is 14.5. The van der Waals surface area contributed by atoms with Gasteiger partial charge in [-0.15, -0.1) is 0 Å². The molecule has 2 rings (SSSR count). The predicted molar refractivity (Wildman–Crippen MR) is 87.2 cm³/mol. The van der Waals surface area contributed by atoms with Crippen LogP contribution < -0.4 is 0 Å². The van der Waals surface area contributed by atoms with E-state index in [9.17, 15) is 9.59 Å². The molecule has 1 atom stereocenters. The minimum absolute atomic E-state index is 0.0455. The Morgan fingerprint density at radius 2 is 2.04 bits per heavy atom. The van der Waals surface area contributed by atoms with E-state index in [4.69, 9.17) is 5.11 Å². The van der Waals surface area contributed by atoms with E-state index in [-0.39, 0.29) is 5.91 Å². The Kier molecular flexibility index (Phi) is 5.44. The fourth-order valence-electron chi connectivity index (χ4n) is 3.20. The Balaban J connectivity index is 1.95. The smallest absolute Gasteiger partial charge is 0.308 e. The van der Waals surface area contributed by atoms with Gasteiger partial charge in [-0.1, -0.05) is 13.8 Å². The molecule has 0 radical (unpaired) electrons. The summed E-state index contributed by atoms with van der Waals surface area (Å²) in [7, 11) is 0. The first-order valence-electron chi connectivity index (χ1n) is 8.33. The van der Waals surface area contributed by atoms with Gasteiger partial charge in [0, 0.05) is 31.7 Å². The molecule has 1 N–H and O–H groups in total. The number of aryl methyl sites for hydroxylation is 1. The highest BCUT2D eigenvalue weighted by molar-refractivity contribution is 5.79. The van der Waals surface area contributed by atoms with Gasteiger partial charge in [0.15, 0.2) is 0 Å². The van der Waals surface area contributed by atoms with Crippen molar-refractivity contribution in [3.63, 3.8) is 0 Å². The van der Waals surface area contributed by atoms with Crippen LogP contribution in [-0.4, -0.2) is 44.8 Å². The fraction of sp³-hybridized carbons (Fsp3) is 0.706. The summed E-state index contributed by atoms with van der Waals surface area (Å²) in [6, 6.07) is 0. The number of aliphatic carboxylic acids is 1. The second-order valence-electron chi connectivity index (χ2n) is 6.89. The Hall–Kier alpha value is -1.85. The SMILES string of the molecule is Cc1nn(CC(C)C)c(C)c1CCC(=O)N1CC[C@H](C(=O)O)C1. The molecule has 0 aromatic carbocycles. The Bertz CT molecular complexity index is 592. The summed E-state index contributed by atoms with van der Waals surface area (Å²) in [5.74, 6) is -0.637. The van der Waals surface area contributed by atoms with Crippen molar-refractivity contribution in [3.8, 4) is 0 Å². The van der Waals surface area contributed by atoms with Gasteiger partial charge >= 0.3 is 5.97 Å². The number of amides is 1. The van der Waals surface area contributed by atoms with E-state index in [0.717, 1.165) is 23.5 Å². The molecule has 1 aromatic heterocycles. The van der Waals surface area contributed by atoms with Gasteiger partial charge in [-0.2, -0.15) is 5.10 Å². The van der Waals surface area contributed by atoms with Crippen molar-refractivity contribution in [3.05, 3.63) is 17.0 Å². The van der Waals surface area contributed by atoms with Gasteiger partial charge in [-0.05, 0) is 38.2 Å². The number of likely N-dealkylation sites (tertiary alicyclic amines) is 1. The molecule has 2 heterocycles. The second kappa shape index (κ2) is 7.15. The predicted octanol–water partition coefficient (Wildman–Crippen LogP) is 2.02. The average molecular weight is 321 g/mol. The highest BCUT2D eigenvalue weighted by Crippen LogP contribution is 2.20. The quantitative estimate of drug-likeness (QED) is 0.870. The highest BCUT2D eigenvalue weighted by atomic mass is 16.4. The van der Waals surface area contributed by atoms with Gasteiger partial charge < -0.3 is 10.0 Å². The van der Waals surface area contributed by atoms with E-state index in [1.807, 2.05) is 11.6 Å². The van der Waals surface area contributed by atoms with Gasteiger partial charge in [0.2, 0.25) is 5.91 Å². The number of hydrogen-bond acceptors (Lipinski definition) is 3. The molecule has 0 aliphatic carbocycles. The van der Waals surface area contributed by atoms with Crippen molar-refractivity contribution in [1.29, 1.82) is 0 Å². The van der Waals surface area contributed by atoms with Crippen LogP contribution in [0.5, 0.6) is 0 Å². The minimum atomic E-state index is -0.804. The highest BCUT2D eigenvalue weighted by Gasteiger charge is 2.30. The number of aromatic nitrogens is 2. The zero-order chi connectivity index (χ0) is 17.1. The lowest BCUT2D eigenvalue weighted by Gasteiger charge is -2.15. The van der Waals surface area contributed by atoms with Crippen LogP contribution >= 0.6 is 0 Å². The average Bonchev–Trinajstić information content (AvgIpc) is 3.04. The minimum Gasteiger partial charge on any atom is -0.481 e. The zero-order valence-corrected chi connectivity index (χ0v) is 14.5.